The van der Waals surface area contributed by atoms with Gasteiger partial charge >= 0.3 is 0 Å². The lowest BCUT2D eigenvalue weighted by atomic mass is 10.1. The summed E-state index contributed by atoms with van der Waals surface area (Å²) in [6, 6.07) is 11.3. The molecule has 2 atom stereocenters. The molecule has 0 spiro atoms. The van der Waals surface area contributed by atoms with E-state index in [9.17, 15) is 5.11 Å². The molecule has 3 heteroatoms. The third kappa shape index (κ3) is 2.80. The molecule has 0 radical (unpaired) electrons. The third-order valence-corrected chi connectivity index (χ3v) is 4.47. The van der Waals surface area contributed by atoms with E-state index in [4.69, 9.17) is 23.2 Å². The molecule has 0 aliphatic heterocycles. The highest BCUT2D eigenvalue weighted by molar-refractivity contribution is 6.36. The molecule has 0 saturated heterocycles. The van der Waals surface area contributed by atoms with Crippen molar-refractivity contribution >= 4 is 23.2 Å². The first kappa shape index (κ1) is 14.5. The highest BCUT2D eigenvalue weighted by Gasteiger charge is 2.27. The molecule has 1 nitrogen and oxygen atoms in total. The molecule has 0 aromatic heterocycles. The molecule has 1 N–H and O–H groups in total. The average molecular weight is 317 g/mol. The van der Waals surface area contributed by atoms with Crippen LogP contribution in [0.3, 0.4) is 0 Å². The summed E-state index contributed by atoms with van der Waals surface area (Å²) < 4.78 is 0. The lowest BCUT2D eigenvalue weighted by Gasteiger charge is -2.07. The Labute approximate surface area is 134 Å². The van der Waals surface area contributed by atoms with Gasteiger partial charge in [-0.25, -0.2) is 0 Å². The first-order valence-electron chi connectivity index (χ1n) is 6.83. The summed E-state index contributed by atoms with van der Waals surface area (Å²) in [5.41, 5.74) is 3.75. The summed E-state index contributed by atoms with van der Waals surface area (Å²) in [7, 11) is 0. The standard InChI is InChI=1S/C18H14Cl2O/c1-11-9-13-10-12(5-7-14(13)18(11)21)6-8-15-16(19)3-2-4-17(15)20/h2-5,7,10-11,18,21H,9H2,1H3. The Balaban J connectivity index is 1.95. The summed E-state index contributed by atoms with van der Waals surface area (Å²) in [5.74, 6) is 6.40. The van der Waals surface area contributed by atoms with E-state index in [1.54, 1.807) is 18.2 Å². The molecule has 0 amide bonds. The lowest BCUT2D eigenvalue weighted by Crippen LogP contribution is -2.00. The maximum Gasteiger partial charge on any atom is 0.0821 e. The van der Waals surface area contributed by atoms with Gasteiger partial charge in [0, 0.05) is 5.56 Å². The number of rotatable bonds is 0. The van der Waals surface area contributed by atoms with Gasteiger partial charge in [0.15, 0.2) is 0 Å². The van der Waals surface area contributed by atoms with E-state index in [-0.39, 0.29) is 12.0 Å². The Morgan fingerprint density at radius 3 is 2.52 bits per heavy atom. The van der Waals surface area contributed by atoms with Gasteiger partial charge in [-0.1, -0.05) is 54.1 Å². The summed E-state index contributed by atoms with van der Waals surface area (Å²) in [5, 5.41) is 11.2. The monoisotopic (exact) mass is 316 g/mol. The Kier molecular flexibility index (Phi) is 3.95. The predicted molar refractivity (Wildman–Crippen MR) is 86.7 cm³/mol. The highest BCUT2D eigenvalue weighted by atomic mass is 35.5. The number of hydrogen-bond acceptors (Lipinski definition) is 1. The molecule has 0 bridgehead atoms. The van der Waals surface area contributed by atoms with Crippen LogP contribution >= 0.6 is 23.2 Å². The van der Waals surface area contributed by atoms with Gasteiger partial charge in [0.05, 0.1) is 21.7 Å². The minimum Gasteiger partial charge on any atom is -0.388 e. The number of aliphatic hydroxyl groups excluding tert-OH is 1. The van der Waals surface area contributed by atoms with Crippen molar-refractivity contribution in [3.63, 3.8) is 0 Å². The molecule has 2 aromatic rings. The van der Waals surface area contributed by atoms with E-state index in [0.717, 1.165) is 17.5 Å². The van der Waals surface area contributed by atoms with Crippen LogP contribution < -0.4 is 0 Å². The van der Waals surface area contributed by atoms with Gasteiger partial charge in [-0.15, -0.1) is 0 Å². The maximum atomic E-state index is 10.1. The fraction of sp³-hybridized carbons (Fsp3) is 0.222. The molecular weight excluding hydrogens is 303 g/mol. The van der Waals surface area contributed by atoms with Crippen molar-refractivity contribution in [2.45, 2.75) is 19.4 Å². The number of fused-ring (bicyclic) bond motifs is 1. The Morgan fingerprint density at radius 2 is 1.81 bits per heavy atom. The van der Waals surface area contributed by atoms with E-state index in [1.807, 2.05) is 18.2 Å². The molecule has 3 rings (SSSR count). The van der Waals surface area contributed by atoms with Gasteiger partial charge < -0.3 is 5.11 Å². The molecule has 0 saturated carbocycles. The molecule has 0 heterocycles. The van der Waals surface area contributed by atoms with Crippen LogP contribution in [0, 0.1) is 17.8 Å². The number of benzene rings is 2. The summed E-state index contributed by atoms with van der Waals surface area (Å²) in [6.07, 6.45) is 0.527. The molecule has 2 unspecified atom stereocenters. The van der Waals surface area contributed by atoms with Crippen LogP contribution in [0.4, 0.5) is 0 Å². The van der Waals surface area contributed by atoms with E-state index >= 15 is 0 Å². The predicted octanol–water partition coefficient (Wildman–Crippen LogP) is 4.62. The van der Waals surface area contributed by atoms with Crippen molar-refractivity contribution in [3.05, 3.63) is 68.7 Å². The van der Waals surface area contributed by atoms with Gasteiger partial charge in [0.1, 0.15) is 0 Å². The topological polar surface area (TPSA) is 20.2 Å². The van der Waals surface area contributed by atoms with Crippen LogP contribution in [0.2, 0.25) is 10.0 Å². The zero-order chi connectivity index (χ0) is 15.0. The fourth-order valence-electron chi connectivity index (χ4n) is 2.67. The van der Waals surface area contributed by atoms with Crippen LogP contribution in [0.15, 0.2) is 36.4 Å². The Morgan fingerprint density at radius 1 is 1.10 bits per heavy atom. The first-order chi connectivity index (χ1) is 10.1. The number of hydrogen-bond donors (Lipinski definition) is 1. The molecule has 106 valence electrons. The highest BCUT2D eigenvalue weighted by Crippen LogP contribution is 2.35. The van der Waals surface area contributed by atoms with Crippen molar-refractivity contribution in [1.29, 1.82) is 0 Å². The fourth-order valence-corrected chi connectivity index (χ4v) is 3.16. The van der Waals surface area contributed by atoms with Crippen molar-refractivity contribution < 1.29 is 5.11 Å². The molecule has 0 fully saturated rings. The van der Waals surface area contributed by atoms with E-state index in [2.05, 4.69) is 18.8 Å². The SMILES string of the molecule is CC1Cc2cc(C#Cc3c(Cl)cccc3Cl)ccc2C1O. The second kappa shape index (κ2) is 5.73. The summed E-state index contributed by atoms with van der Waals surface area (Å²) in [6.45, 7) is 2.06. The molecule has 1 aliphatic rings. The zero-order valence-corrected chi connectivity index (χ0v) is 13.0. The normalized spacial score (nSPS) is 19.8. The smallest absolute Gasteiger partial charge is 0.0821 e. The largest absolute Gasteiger partial charge is 0.388 e. The van der Waals surface area contributed by atoms with Gasteiger partial charge in [-0.2, -0.15) is 0 Å². The second-order valence-corrected chi connectivity index (χ2v) is 6.20. The van der Waals surface area contributed by atoms with E-state index in [1.165, 1.54) is 5.56 Å². The van der Waals surface area contributed by atoms with Crippen molar-refractivity contribution in [2.24, 2.45) is 5.92 Å². The Hall–Kier alpha value is -1.46. The minimum absolute atomic E-state index is 0.265. The minimum atomic E-state index is -0.361. The first-order valence-corrected chi connectivity index (χ1v) is 7.59. The van der Waals surface area contributed by atoms with Gasteiger partial charge in [-0.05, 0) is 47.7 Å². The van der Waals surface area contributed by atoms with E-state index in [0.29, 0.717) is 15.6 Å². The number of halogens is 2. The molecule has 1 aliphatic carbocycles. The summed E-state index contributed by atoms with van der Waals surface area (Å²) >= 11 is 12.2. The zero-order valence-electron chi connectivity index (χ0n) is 11.5. The lowest BCUT2D eigenvalue weighted by molar-refractivity contribution is 0.133. The van der Waals surface area contributed by atoms with Crippen LogP contribution in [-0.4, -0.2) is 5.11 Å². The van der Waals surface area contributed by atoms with Gasteiger partial charge in [0.25, 0.3) is 0 Å². The maximum absolute atomic E-state index is 10.1. The van der Waals surface area contributed by atoms with Crippen LogP contribution in [0.1, 0.15) is 35.3 Å². The van der Waals surface area contributed by atoms with Crippen molar-refractivity contribution in [1.82, 2.24) is 0 Å². The molecular formula is C18H14Cl2O. The van der Waals surface area contributed by atoms with Gasteiger partial charge in [0.2, 0.25) is 0 Å². The van der Waals surface area contributed by atoms with Crippen LogP contribution in [0.5, 0.6) is 0 Å². The van der Waals surface area contributed by atoms with Crippen molar-refractivity contribution in [3.8, 4) is 11.8 Å². The van der Waals surface area contributed by atoms with Gasteiger partial charge in [-0.3, -0.25) is 0 Å². The second-order valence-electron chi connectivity index (χ2n) is 5.39. The van der Waals surface area contributed by atoms with Crippen molar-refractivity contribution in [2.75, 3.05) is 0 Å². The summed E-state index contributed by atoms with van der Waals surface area (Å²) in [4.78, 5) is 0. The van der Waals surface area contributed by atoms with Crippen LogP contribution in [-0.2, 0) is 6.42 Å². The quantitative estimate of drug-likeness (QED) is 0.703. The molecule has 21 heavy (non-hydrogen) atoms. The van der Waals surface area contributed by atoms with Crippen LogP contribution in [0.25, 0.3) is 0 Å². The van der Waals surface area contributed by atoms with E-state index < -0.39 is 0 Å². The molecule has 2 aromatic carbocycles. The number of aliphatic hydroxyl groups is 1. The average Bonchev–Trinajstić information content (AvgIpc) is 2.73. The Bertz CT molecular complexity index is 735. The third-order valence-electron chi connectivity index (χ3n) is 3.84.